The predicted molar refractivity (Wildman–Crippen MR) is 79.8 cm³/mol. The summed E-state index contributed by atoms with van der Waals surface area (Å²) in [4.78, 5) is 0. The van der Waals surface area contributed by atoms with Crippen LogP contribution in [0.1, 0.15) is 33.2 Å². The second-order valence-corrected chi connectivity index (χ2v) is 5.64. The predicted octanol–water partition coefficient (Wildman–Crippen LogP) is 5.73. The smallest absolute Gasteiger partial charge is 0.131 e. The van der Waals surface area contributed by atoms with E-state index < -0.39 is 5.38 Å². The molecule has 100 valence electrons. The van der Waals surface area contributed by atoms with Crippen LogP contribution in [0, 0.1) is 26.6 Å². The fourth-order valence-electron chi connectivity index (χ4n) is 2.11. The standard InChI is InChI=1S/C16H15Cl2F/c1-9-5-4-6-12(16(9)19)15(18)13-7-11(3)14(17)8-10(13)2/h4-8,15H,1-3H3. The monoisotopic (exact) mass is 296 g/mol. The number of rotatable bonds is 2. The van der Waals surface area contributed by atoms with Gasteiger partial charge in [-0.15, -0.1) is 11.6 Å². The van der Waals surface area contributed by atoms with Crippen LogP contribution in [-0.2, 0) is 0 Å². The number of aryl methyl sites for hydroxylation is 3. The molecule has 1 unspecified atom stereocenters. The van der Waals surface area contributed by atoms with Gasteiger partial charge in [-0.05, 0) is 49.1 Å². The first kappa shape index (κ1) is 14.4. The van der Waals surface area contributed by atoms with E-state index in [1.807, 2.05) is 32.0 Å². The summed E-state index contributed by atoms with van der Waals surface area (Å²) in [6.45, 7) is 5.59. The average Bonchev–Trinajstić information content (AvgIpc) is 2.36. The molecule has 0 radical (unpaired) electrons. The number of hydrogen-bond acceptors (Lipinski definition) is 0. The lowest BCUT2D eigenvalue weighted by Gasteiger charge is -2.16. The molecule has 2 aromatic carbocycles. The molecule has 0 amide bonds. The fourth-order valence-corrected chi connectivity index (χ4v) is 2.73. The summed E-state index contributed by atoms with van der Waals surface area (Å²) in [5.41, 5.74) is 3.92. The van der Waals surface area contributed by atoms with E-state index in [0.29, 0.717) is 16.1 Å². The van der Waals surface area contributed by atoms with Crippen LogP contribution in [0.15, 0.2) is 30.3 Å². The van der Waals surface area contributed by atoms with Crippen LogP contribution in [0.5, 0.6) is 0 Å². The van der Waals surface area contributed by atoms with Crippen LogP contribution in [0.4, 0.5) is 4.39 Å². The van der Waals surface area contributed by atoms with Crippen molar-refractivity contribution in [1.82, 2.24) is 0 Å². The largest absolute Gasteiger partial charge is 0.206 e. The highest BCUT2D eigenvalue weighted by atomic mass is 35.5. The summed E-state index contributed by atoms with van der Waals surface area (Å²) in [5, 5.41) is 0.200. The molecule has 0 aliphatic rings. The van der Waals surface area contributed by atoms with Crippen molar-refractivity contribution in [2.75, 3.05) is 0 Å². The molecule has 2 rings (SSSR count). The normalized spacial score (nSPS) is 12.5. The van der Waals surface area contributed by atoms with E-state index in [4.69, 9.17) is 23.2 Å². The van der Waals surface area contributed by atoms with Gasteiger partial charge < -0.3 is 0 Å². The molecular weight excluding hydrogens is 282 g/mol. The topological polar surface area (TPSA) is 0 Å². The first-order valence-corrected chi connectivity index (χ1v) is 6.89. The van der Waals surface area contributed by atoms with Gasteiger partial charge >= 0.3 is 0 Å². The van der Waals surface area contributed by atoms with Crippen molar-refractivity contribution in [1.29, 1.82) is 0 Å². The molecule has 19 heavy (non-hydrogen) atoms. The minimum Gasteiger partial charge on any atom is -0.206 e. The zero-order valence-electron chi connectivity index (χ0n) is 11.1. The van der Waals surface area contributed by atoms with Gasteiger partial charge in [0, 0.05) is 10.6 Å². The summed E-state index contributed by atoms with van der Waals surface area (Å²) in [5.74, 6) is -0.241. The molecule has 0 saturated heterocycles. The number of halogens is 3. The van der Waals surface area contributed by atoms with Gasteiger partial charge in [-0.1, -0.05) is 35.9 Å². The van der Waals surface area contributed by atoms with Crippen LogP contribution in [-0.4, -0.2) is 0 Å². The molecule has 0 fully saturated rings. The third kappa shape index (κ3) is 2.77. The van der Waals surface area contributed by atoms with Crippen LogP contribution >= 0.6 is 23.2 Å². The van der Waals surface area contributed by atoms with Gasteiger partial charge in [0.15, 0.2) is 0 Å². The SMILES string of the molecule is Cc1cc(C(Cl)c2cccc(C)c2F)c(C)cc1Cl. The Labute approximate surface area is 123 Å². The lowest BCUT2D eigenvalue weighted by Crippen LogP contribution is -2.01. The van der Waals surface area contributed by atoms with Crippen LogP contribution in [0.2, 0.25) is 5.02 Å². The van der Waals surface area contributed by atoms with Gasteiger partial charge in [0.2, 0.25) is 0 Å². The Morgan fingerprint density at radius 2 is 1.63 bits per heavy atom. The molecule has 0 spiro atoms. The van der Waals surface area contributed by atoms with Crippen molar-refractivity contribution < 1.29 is 4.39 Å². The van der Waals surface area contributed by atoms with Crippen LogP contribution < -0.4 is 0 Å². The van der Waals surface area contributed by atoms with Gasteiger partial charge in [-0.25, -0.2) is 4.39 Å². The number of benzene rings is 2. The minimum atomic E-state index is -0.504. The number of hydrogen-bond donors (Lipinski definition) is 0. The lowest BCUT2D eigenvalue weighted by molar-refractivity contribution is 0.603. The van der Waals surface area contributed by atoms with E-state index in [-0.39, 0.29) is 5.82 Å². The molecule has 0 N–H and O–H groups in total. The third-order valence-corrected chi connectivity index (χ3v) is 4.19. The van der Waals surface area contributed by atoms with Crippen molar-refractivity contribution in [3.63, 3.8) is 0 Å². The highest BCUT2D eigenvalue weighted by molar-refractivity contribution is 6.31. The van der Waals surface area contributed by atoms with E-state index >= 15 is 0 Å². The molecule has 0 aromatic heterocycles. The van der Waals surface area contributed by atoms with Crippen molar-refractivity contribution in [2.24, 2.45) is 0 Å². The molecule has 1 atom stereocenters. The highest BCUT2D eigenvalue weighted by Crippen LogP contribution is 2.35. The lowest BCUT2D eigenvalue weighted by atomic mass is 9.96. The second-order valence-electron chi connectivity index (χ2n) is 4.80. The van der Waals surface area contributed by atoms with E-state index in [0.717, 1.165) is 16.7 Å². The van der Waals surface area contributed by atoms with Crippen LogP contribution in [0.25, 0.3) is 0 Å². The van der Waals surface area contributed by atoms with Gasteiger partial charge in [0.25, 0.3) is 0 Å². The van der Waals surface area contributed by atoms with Gasteiger partial charge in [-0.3, -0.25) is 0 Å². The average molecular weight is 297 g/mol. The Bertz CT molecular complexity index is 620. The second kappa shape index (κ2) is 5.52. The molecule has 0 saturated carbocycles. The summed E-state index contributed by atoms with van der Waals surface area (Å²) < 4.78 is 14.1. The van der Waals surface area contributed by atoms with Gasteiger partial charge in [0.05, 0.1) is 5.38 Å². The molecule has 0 bridgehead atoms. The Morgan fingerprint density at radius 3 is 2.32 bits per heavy atom. The molecule has 0 heterocycles. The molecular formula is C16H15Cl2F. The molecule has 0 aliphatic carbocycles. The van der Waals surface area contributed by atoms with Gasteiger partial charge in [0.1, 0.15) is 5.82 Å². The first-order chi connectivity index (χ1) is 8.91. The third-order valence-electron chi connectivity index (χ3n) is 3.32. The van der Waals surface area contributed by atoms with Crippen LogP contribution in [0.3, 0.4) is 0 Å². The maximum Gasteiger partial charge on any atom is 0.131 e. The quantitative estimate of drug-likeness (QED) is 0.621. The summed E-state index contributed by atoms with van der Waals surface area (Å²) >= 11 is 12.5. The Morgan fingerprint density at radius 1 is 0.947 bits per heavy atom. The summed E-state index contributed by atoms with van der Waals surface area (Å²) in [6, 6.07) is 9.08. The molecule has 3 heteroatoms. The van der Waals surface area contributed by atoms with Crippen molar-refractivity contribution >= 4 is 23.2 Å². The van der Waals surface area contributed by atoms with Crippen molar-refractivity contribution in [3.8, 4) is 0 Å². The molecule has 0 nitrogen and oxygen atoms in total. The van der Waals surface area contributed by atoms with E-state index in [1.54, 1.807) is 19.1 Å². The first-order valence-electron chi connectivity index (χ1n) is 6.07. The Balaban J connectivity index is 2.53. The van der Waals surface area contributed by atoms with E-state index in [1.165, 1.54) is 0 Å². The van der Waals surface area contributed by atoms with Crippen molar-refractivity contribution in [2.45, 2.75) is 26.1 Å². The summed E-state index contributed by atoms with van der Waals surface area (Å²) in [6.07, 6.45) is 0. The zero-order valence-corrected chi connectivity index (χ0v) is 12.6. The molecule has 2 aromatic rings. The highest BCUT2D eigenvalue weighted by Gasteiger charge is 2.18. The Hall–Kier alpha value is -1.05. The van der Waals surface area contributed by atoms with E-state index in [9.17, 15) is 4.39 Å². The zero-order chi connectivity index (χ0) is 14.2. The minimum absolute atomic E-state index is 0.241. The fraction of sp³-hybridized carbons (Fsp3) is 0.250. The van der Waals surface area contributed by atoms with Gasteiger partial charge in [-0.2, -0.15) is 0 Å². The van der Waals surface area contributed by atoms with E-state index in [2.05, 4.69) is 0 Å². The maximum absolute atomic E-state index is 14.1. The summed E-state index contributed by atoms with van der Waals surface area (Å²) in [7, 11) is 0. The maximum atomic E-state index is 14.1. The molecule has 0 aliphatic heterocycles. The Kier molecular flexibility index (Phi) is 4.17. The number of alkyl halides is 1. The van der Waals surface area contributed by atoms with Crippen molar-refractivity contribution in [3.05, 3.63) is 69.0 Å².